The van der Waals surface area contributed by atoms with E-state index in [0.29, 0.717) is 0 Å². The number of furan rings is 1. The van der Waals surface area contributed by atoms with Crippen molar-refractivity contribution in [3.8, 4) is 16.8 Å². The Morgan fingerprint density at radius 3 is 2.04 bits per heavy atom. The summed E-state index contributed by atoms with van der Waals surface area (Å²) in [6.07, 6.45) is 13.2. The van der Waals surface area contributed by atoms with Gasteiger partial charge in [0.2, 0.25) is 0 Å². The first kappa shape index (κ1) is 31.6. The molecule has 0 radical (unpaired) electrons. The Hall–Kier alpha value is -6.64. The minimum Gasteiger partial charge on any atom is -0.454 e. The van der Waals surface area contributed by atoms with Crippen molar-refractivity contribution in [1.29, 1.82) is 0 Å². The number of nitrogens with zero attached hydrogens (tertiary/aromatic N) is 1. The Bertz CT molecular complexity index is 2840. The second-order valence-electron chi connectivity index (χ2n) is 12.6. The average Bonchev–Trinajstić information content (AvgIpc) is 3.81. The summed E-state index contributed by atoms with van der Waals surface area (Å²) < 4.78 is 9.17. The summed E-state index contributed by atoms with van der Waals surface area (Å²) in [4.78, 5) is 0. The molecular weight excluding hydrogens is 619 g/mol. The van der Waals surface area contributed by atoms with E-state index in [1.54, 1.807) is 12.2 Å². The highest BCUT2D eigenvalue weighted by Gasteiger charge is 2.26. The predicted molar refractivity (Wildman–Crippen MR) is 223 cm³/mol. The summed E-state index contributed by atoms with van der Waals surface area (Å²) in [5.41, 5.74) is 12.1. The quantitative estimate of drug-likeness (QED) is 0.163. The highest BCUT2D eigenvalue weighted by Crippen LogP contribution is 2.48. The molecule has 0 saturated carbocycles. The first-order valence-electron chi connectivity index (χ1n) is 17.1. The lowest BCUT2D eigenvalue weighted by Gasteiger charge is -2.13. The molecule has 6 aromatic carbocycles. The van der Waals surface area contributed by atoms with Crippen molar-refractivity contribution in [3.05, 3.63) is 189 Å². The van der Waals surface area contributed by atoms with Gasteiger partial charge in [0, 0.05) is 27.4 Å². The van der Waals surface area contributed by atoms with Gasteiger partial charge in [-0.1, -0.05) is 154 Å². The molecule has 0 atom stereocenters. The highest BCUT2D eigenvalue weighted by molar-refractivity contribution is 6.32. The Morgan fingerprint density at radius 1 is 0.627 bits per heavy atom. The van der Waals surface area contributed by atoms with Crippen LogP contribution >= 0.6 is 0 Å². The standard InChI is InChI=1S/C45H31NO.C4H6/c1-5-14-31-27(4)32-21-13-22-34-33(24-25-37(31)41(32)34)28-16-12-17-29(26-28)46-39-23-11-10-20-38(39)42-35-18-8-9-19-36(35)43-30(7-3)40(15-6-2)47-45(43)44(42)46;1-3-4-2/h5-26H,1,3-4H2,2H3;3-4H,1-2H2/b15-6-,31-14+;. The largest absolute Gasteiger partial charge is 0.454 e. The van der Waals surface area contributed by atoms with Crippen LogP contribution < -0.4 is 0 Å². The van der Waals surface area contributed by atoms with Gasteiger partial charge in [0.1, 0.15) is 5.76 Å². The van der Waals surface area contributed by atoms with E-state index in [2.05, 4.69) is 147 Å². The van der Waals surface area contributed by atoms with Crippen molar-refractivity contribution in [2.45, 2.75) is 6.92 Å². The molecule has 0 aliphatic heterocycles. The maximum atomic E-state index is 6.79. The molecule has 2 aromatic heterocycles. The Morgan fingerprint density at radius 2 is 1.31 bits per heavy atom. The lowest BCUT2D eigenvalue weighted by atomic mass is 9.94. The average molecular weight is 656 g/mol. The van der Waals surface area contributed by atoms with Crippen molar-refractivity contribution in [3.63, 3.8) is 0 Å². The number of para-hydroxylation sites is 1. The monoisotopic (exact) mass is 655 g/mol. The fourth-order valence-electron chi connectivity index (χ4n) is 7.85. The van der Waals surface area contributed by atoms with E-state index < -0.39 is 0 Å². The smallest absolute Gasteiger partial charge is 0.160 e. The van der Waals surface area contributed by atoms with E-state index in [-0.39, 0.29) is 0 Å². The summed E-state index contributed by atoms with van der Waals surface area (Å²) in [6, 6.07) is 37.3. The molecule has 2 nitrogen and oxygen atoms in total. The molecule has 0 saturated heterocycles. The number of hydrogen-bond donors (Lipinski definition) is 0. The molecule has 1 aliphatic carbocycles. The third-order valence-corrected chi connectivity index (χ3v) is 9.90. The number of benzene rings is 6. The van der Waals surface area contributed by atoms with E-state index in [4.69, 9.17) is 4.42 Å². The van der Waals surface area contributed by atoms with Crippen LogP contribution in [0.25, 0.3) is 94.4 Å². The topological polar surface area (TPSA) is 18.1 Å². The van der Waals surface area contributed by atoms with E-state index >= 15 is 0 Å². The number of rotatable bonds is 6. The zero-order chi connectivity index (χ0) is 35.2. The van der Waals surface area contributed by atoms with E-state index in [0.717, 1.165) is 55.7 Å². The number of aromatic nitrogens is 1. The van der Waals surface area contributed by atoms with Crippen LogP contribution in [0.2, 0.25) is 0 Å². The number of allylic oxidation sites excluding steroid dienone is 7. The number of fused-ring (bicyclic) bond motifs is 8. The molecule has 51 heavy (non-hydrogen) atoms. The maximum absolute atomic E-state index is 6.79. The minimum absolute atomic E-state index is 0.819. The summed E-state index contributed by atoms with van der Waals surface area (Å²) in [6.45, 7) is 21.3. The normalized spacial score (nSPS) is 13.1. The van der Waals surface area contributed by atoms with Crippen LogP contribution in [-0.2, 0) is 0 Å². The molecule has 0 fully saturated rings. The molecule has 0 bridgehead atoms. The van der Waals surface area contributed by atoms with Crippen molar-refractivity contribution in [2.24, 2.45) is 0 Å². The second-order valence-corrected chi connectivity index (χ2v) is 12.6. The third kappa shape index (κ3) is 4.72. The lowest BCUT2D eigenvalue weighted by molar-refractivity contribution is 0.605. The molecule has 8 aromatic rings. The SMILES string of the molecule is C=C/C=C1\C(=C)c2cccc3c(-c4cccc(-n5c6ccccc6c6c7ccccc7c7c(C=C)c(/C=C\C)oc7c65)c4)ccc1c23.C=CC=C. The highest BCUT2D eigenvalue weighted by atomic mass is 16.3. The van der Waals surface area contributed by atoms with Crippen LogP contribution in [-0.4, -0.2) is 4.57 Å². The van der Waals surface area contributed by atoms with Gasteiger partial charge in [-0.2, -0.15) is 0 Å². The van der Waals surface area contributed by atoms with Gasteiger partial charge >= 0.3 is 0 Å². The van der Waals surface area contributed by atoms with Crippen molar-refractivity contribution in [1.82, 2.24) is 4.57 Å². The van der Waals surface area contributed by atoms with Crippen LogP contribution in [0, 0.1) is 0 Å². The summed E-state index contributed by atoms with van der Waals surface area (Å²) in [5.74, 6) is 0.819. The van der Waals surface area contributed by atoms with E-state index in [9.17, 15) is 0 Å². The van der Waals surface area contributed by atoms with Crippen LogP contribution in [0.15, 0.2) is 171 Å². The number of hydrogen-bond acceptors (Lipinski definition) is 1. The van der Waals surface area contributed by atoms with Crippen molar-refractivity contribution >= 4 is 77.6 Å². The van der Waals surface area contributed by atoms with Gasteiger partial charge in [-0.25, -0.2) is 0 Å². The maximum Gasteiger partial charge on any atom is 0.160 e. The zero-order valence-electron chi connectivity index (χ0n) is 28.7. The van der Waals surface area contributed by atoms with Crippen LogP contribution in [0.3, 0.4) is 0 Å². The molecule has 9 rings (SSSR count). The van der Waals surface area contributed by atoms with Crippen molar-refractivity contribution < 1.29 is 4.42 Å². The molecule has 0 spiro atoms. The summed E-state index contributed by atoms with van der Waals surface area (Å²) in [5, 5.41) is 8.32. The second kappa shape index (κ2) is 12.7. The molecule has 1 aliphatic rings. The van der Waals surface area contributed by atoms with Crippen LogP contribution in [0.5, 0.6) is 0 Å². The first-order valence-corrected chi connectivity index (χ1v) is 17.1. The molecule has 0 N–H and O–H groups in total. The zero-order valence-corrected chi connectivity index (χ0v) is 28.7. The van der Waals surface area contributed by atoms with Gasteiger partial charge in [-0.05, 0) is 86.1 Å². The third-order valence-electron chi connectivity index (χ3n) is 9.90. The summed E-state index contributed by atoms with van der Waals surface area (Å²) >= 11 is 0. The van der Waals surface area contributed by atoms with Gasteiger partial charge in [-0.3, -0.25) is 0 Å². The fourth-order valence-corrected chi connectivity index (χ4v) is 7.85. The van der Waals surface area contributed by atoms with Crippen LogP contribution in [0.4, 0.5) is 0 Å². The van der Waals surface area contributed by atoms with E-state index in [1.807, 2.05) is 31.2 Å². The van der Waals surface area contributed by atoms with Crippen LogP contribution in [0.1, 0.15) is 29.4 Å². The molecular formula is C49H37NO. The van der Waals surface area contributed by atoms with Gasteiger partial charge in [-0.15, -0.1) is 0 Å². The van der Waals surface area contributed by atoms with E-state index in [1.165, 1.54) is 49.0 Å². The lowest BCUT2D eigenvalue weighted by Crippen LogP contribution is -1.95. The fraction of sp³-hybridized carbons (Fsp3) is 0.0204. The van der Waals surface area contributed by atoms with Gasteiger partial charge in [0.05, 0.1) is 11.0 Å². The van der Waals surface area contributed by atoms with Gasteiger partial charge in [0.25, 0.3) is 0 Å². The first-order chi connectivity index (χ1) is 25.1. The van der Waals surface area contributed by atoms with Crippen molar-refractivity contribution in [2.75, 3.05) is 0 Å². The molecule has 244 valence electrons. The minimum atomic E-state index is 0.819. The molecule has 2 heterocycles. The Kier molecular flexibility index (Phi) is 7.86. The summed E-state index contributed by atoms with van der Waals surface area (Å²) in [7, 11) is 0. The van der Waals surface area contributed by atoms with Gasteiger partial charge in [0.15, 0.2) is 5.58 Å². The molecule has 0 unspecified atom stereocenters. The molecule has 0 amide bonds. The molecule has 2 heteroatoms. The Balaban J connectivity index is 0.000000890. The van der Waals surface area contributed by atoms with Gasteiger partial charge < -0.3 is 8.98 Å². The predicted octanol–water partition coefficient (Wildman–Crippen LogP) is 14.1. The Labute approximate surface area is 298 Å².